The Bertz CT molecular complexity index is 523. The summed E-state index contributed by atoms with van der Waals surface area (Å²) >= 11 is 1.57. The number of nitrogens with zero attached hydrogens (tertiary/aromatic N) is 4. The summed E-state index contributed by atoms with van der Waals surface area (Å²) in [5.41, 5.74) is 1.33. The summed E-state index contributed by atoms with van der Waals surface area (Å²) in [6, 6.07) is 9.06. The molecule has 0 bridgehead atoms. The Morgan fingerprint density at radius 3 is 2.55 bits per heavy atom. The van der Waals surface area contributed by atoms with Crippen molar-refractivity contribution in [3.8, 4) is 0 Å². The zero-order chi connectivity index (χ0) is 14.4. The summed E-state index contributed by atoms with van der Waals surface area (Å²) in [5, 5.41) is 15.8. The maximum atomic E-state index is 3.98. The average Bonchev–Trinajstić information content (AvgIpc) is 2.87. The van der Waals surface area contributed by atoms with E-state index in [9.17, 15) is 0 Å². The maximum Gasteiger partial charge on any atom is 0.213 e. The summed E-state index contributed by atoms with van der Waals surface area (Å²) in [7, 11) is 1.85. The summed E-state index contributed by atoms with van der Waals surface area (Å²) in [6.07, 6.45) is 2.25. The number of aromatic nitrogens is 4. The van der Waals surface area contributed by atoms with Crippen LogP contribution in [0.1, 0.15) is 38.3 Å². The van der Waals surface area contributed by atoms with Crippen molar-refractivity contribution in [2.24, 2.45) is 7.05 Å². The molecule has 0 fully saturated rings. The fourth-order valence-corrected chi connectivity index (χ4v) is 2.73. The van der Waals surface area contributed by atoms with Crippen molar-refractivity contribution in [3.05, 3.63) is 29.8 Å². The van der Waals surface area contributed by atoms with Gasteiger partial charge < -0.3 is 5.32 Å². The van der Waals surface area contributed by atoms with Crippen LogP contribution >= 0.6 is 11.8 Å². The third kappa shape index (κ3) is 3.80. The predicted molar refractivity (Wildman–Crippen MR) is 80.7 cm³/mol. The molecule has 1 N–H and O–H groups in total. The number of rotatable bonds is 7. The minimum absolute atomic E-state index is 0.436. The van der Waals surface area contributed by atoms with Crippen LogP contribution in [-0.4, -0.2) is 26.8 Å². The molecular formula is C14H21N5S. The molecule has 2 rings (SSSR count). The minimum atomic E-state index is 0.436. The van der Waals surface area contributed by atoms with Crippen molar-refractivity contribution in [1.29, 1.82) is 0 Å². The molecule has 1 unspecified atom stereocenters. The third-order valence-corrected chi connectivity index (χ3v) is 4.16. The maximum absolute atomic E-state index is 3.98. The first-order valence-electron chi connectivity index (χ1n) is 6.98. The van der Waals surface area contributed by atoms with E-state index in [2.05, 4.69) is 59.0 Å². The van der Waals surface area contributed by atoms with Crippen molar-refractivity contribution in [2.45, 2.75) is 42.8 Å². The van der Waals surface area contributed by atoms with Crippen LogP contribution in [0.15, 0.2) is 34.3 Å². The summed E-state index contributed by atoms with van der Waals surface area (Å²) in [6.45, 7) is 5.45. The van der Waals surface area contributed by atoms with Gasteiger partial charge in [-0.2, -0.15) is 0 Å². The highest BCUT2D eigenvalue weighted by Gasteiger charge is 2.09. The second-order valence-electron chi connectivity index (χ2n) is 4.67. The second kappa shape index (κ2) is 7.40. The molecule has 2 aromatic rings. The van der Waals surface area contributed by atoms with E-state index in [-0.39, 0.29) is 0 Å². The molecule has 5 nitrogen and oxygen atoms in total. The summed E-state index contributed by atoms with van der Waals surface area (Å²) < 4.78 is 1.68. The van der Waals surface area contributed by atoms with E-state index in [4.69, 9.17) is 0 Å². The van der Waals surface area contributed by atoms with Crippen LogP contribution in [-0.2, 0) is 7.05 Å². The first kappa shape index (κ1) is 15.0. The molecule has 1 aromatic carbocycles. The first-order chi connectivity index (χ1) is 9.74. The lowest BCUT2D eigenvalue weighted by Gasteiger charge is -2.17. The van der Waals surface area contributed by atoms with Gasteiger partial charge in [0.1, 0.15) is 0 Å². The second-order valence-corrected chi connectivity index (χ2v) is 5.71. The Labute approximate surface area is 124 Å². The monoisotopic (exact) mass is 291 g/mol. The van der Waals surface area contributed by atoms with Crippen molar-refractivity contribution in [1.82, 2.24) is 25.5 Å². The lowest BCUT2D eigenvalue weighted by molar-refractivity contribution is 0.518. The van der Waals surface area contributed by atoms with Gasteiger partial charge in [0.2, 0.25) is 5.16 Å². The van der Waals surface area contributed by atoms with Crippen LogP contribution < -0.4 is 5.32 Å². The van der Waals surface area contributed by atoms with Gasteiger partial charge in [0.25, 0.3) is 0 Å². The Morgan fingerprint density at radius 1 is 1.25 bits per heavy atom. The quantitative estimate of drug-likeness (QED) is 0.850. The number of nitrogens with one attached hydrogen (secondary N) is 1. The van der Waals surface area contributed by atoms with E-state index in [1.807, 2.05) is 7.05 Å². The molecule has 108 valence electrons. The van der Waals surface area contributed by atoms with Gasteiger partial charge in [0.15, 0.2) is 0 Å². The van der Waals surface area contributed by atoms with Gasteiger partial charge in [0, 0.05) is 18.0 Å². The minimum Gasteiger partial charge on any atom is -0.310 e. The molecule has 0 spiro atoms. The molecular weight excluding hydrogens is 270 g/mol. The van der Waals surface area contributed by atoms with Crippen LogP contribution in [0.3, 0.4) is 0 Å². The number of tetrazole rings is 1. The lowest BCUT2D eigenvalue weighted by Crippen LogP contribution is -2.21. The Hall–Kier alpha value is -1.40. The highest BCUT2D eigenvalue weighted by Crippen LogP contribution is 2.26. The standard InChI is InChI=1S/C14H21N5S/c1-4-10-15-13(5-2)11-6-8-12(9-7-11)20-14-16-17-18-19(14)3/h6-9,13,15H,4-5,10H2,1-3H3. The molecule has 1 heterocycles. The van der Waals surface area contributed by atoms with E-state index in [1.54, 1.807) is 16.4 Å². The van der Waals surface area contributed by atoms with Crippen molar-refractivity contribution in [3.63, 3.8) is 0 Å². The molecule has 6 heteroatoms. The molecule has 20 heavy (non-hydrogen) atoms. The SMILES string of the molecule is CCCNC(CC)c1ccc(Sc2nnnn2C)cc1. The highest BCUT2D eigenvalue weighted by atomic mass is 32.2. The molecule has 0 saturated heterocycles. The van der Waals surface area contributed by atoms with Gasteiger partial charge in [-0.1, -0.05) is 26.0 Å². The zero-order valence-electron chi connectivity index (χ0n) is 12.2. The topological polar surface area (TPSA) is 55.6 Å². The van der Waals surface area contributed by atoms with Crippen molar-refractivity contribution in [2.75, 3.05) is 6.54 Å². The largest absolute Gasteiger partial charge is 0.310 e. The fourth-order valence-electron chi connectivity index (χ4n) is 2.00. The van der Waals surface area contributed by atoms with Crippen molar-refractivity contribution >= 4 is 11.8 Å². The molecule has 0 radical (unpaired) electrons. The smallest absolute Gasteiger partial charge is 0.213 e. The Kier molecular flexibility index (Phi) is 5.55. The number of aryl methyl sites for hydroxylation is 1. The van der Waals surface area contributed by atoms with Gasteiger partial charge in [-0.15, -0.1) is 5.10 Å². The van der Waals surface area contributed by atoms with Crippen LogP contribution in [0.5, 0.6) is 0 Å². The highest BCUT2D eigenvalue weighted by molar-refractivity contribution is 7.99. The predicted octanol–water partition coefficient (Wildman–Crippen LogP) is 2.81. The third-order valence-electron chi connectivity index (χ3n) is 3.12. The Balaban J connectivity index is 2.03. The van der Waals surface area contributed by atoms with Crippen LogP contribution in [0.4, 0.5) is 0 Å². The average molecular weight is 291 g/mol. The normalized spacial score (nSPS) is 12.6. The van der Waals surface area contributed by atoms with Gasteiger partial charge >= 0.3 is 0 Å². The molecule has 0 aliphatic rings. The lowest BCUT2D eigenvalue weighted by atomic mass is 10.0. The number of hydrogen-bond donors (Lipinski definition) is 1. The van der Waals surface area contributed by atoms with E-state index >= 15 is 0 Å². The molecule has 1 aromatic heterocycles. The summed E-state index contributed by atoms with van der Waals surface area (Å²) in [4.78, 5) is 1.15. The van der Waals surface area contributed by atoms with Crippen LogP contribution in [0.2, 0.25) is 0 Å². The fraction of sp³-hybridized carbons (Fsp3) is 0.500. The van der Waals surface area contributed by atoms with Gasteiger partial charge in [-0.3, -0.25) is 0 Å². The number of benzene rings is 1. The number of hydrogen-bond acceptors (Lipinski definition) is 5. The van der Waals surface area contributed by atoms with Gasteiger partial charge in [-0.25, -0.2) is 4.68 Å². The van der Waals surface area contributed by atoms with E-state index in [0.29, 0.717) is 6.04 Å². The zero-order valence-corrected chi connectivity index (χ0v) is 13.0. The summed E-state index contributed by atoms with van der Waals surface area (Å²) in [5.74, 6) is 0. The van der Waals surface area contributed by atoms with E-state index in [1.165, 1.54) is 5.56 Å². The van der Waals surface area contributed by atoms with Crippen LogP contribution in [0.25, 0.3) is 0 Å². The molecule has 0 saturated carbocycles. The van der Waals surface area contributed by atoms with Gasteiger partial charge in [0.05, 0.1) is 0 Å². The van der Waals surface area contributed by atoms with Crippen molar-refractivity contribution < 1.29 is 0 Å². The molecule has 1 atom stereocenters. The molecule has 0 aliphatic carbocycles. The van der Waals surface area contributed by atoms with E-state index in [0.717, 1.165) is 29.4 Å². The molecule has 0 amide bonds. The van der Waals surface area contributed by atoms with E-state index < -0.39 is 0 Å². The van der Waals surface area contributed by atoms with Gasteiger partial charge in [-0.05, 0) is 59.3 Å². The Morgan fingerprint density at radius 2 is 2.00 bits per heavy atom. The van der Waals surface area contributed by atoms with Crippen LogP contribution in [0, 0.1) is 0 Å². The molecule has 0 aliphatic heterocycles. The first-order valence-corrected chi connectivity index (χ1v) is 7.79.